The fourth-order valence-corrected chi connectivity index (χ4v) is 2.72. The van der Waals surface area contributed by atoms with Crippen LogP contribution in [0.25, 0.3) is 22.0 Å². The summed E-state index contributed by atoms with van der Waals surface area (Å²) in [6, 6.07) is 5.58. The molecule has 21 heavy (non-hydrogen) atoms. The number of amides is 2. The molecule has 0 unspecified atom stereocenters. The molecule has 0 radical (unpaired) electrons. The molecule has 2 N–H and O–H groups in total. The molecular weight excluding hydrogens is 284 g/mol. The maximum Gasteiger partial charge on any atom is 0.320 e. The molecular formula is C15H14N4OS. The van der Waals surface area contributed by atoms with E-state index < -0.39 is 0 Å². The predicted molar refractivity (Wildman–Crippen MR) is 85.5 cm³/mol. The van der Waals surface area contributed by atoms with Crippen LogP contribution in [0.15, 0.2) is 41.4 Å². The van der Waals surface area contributed by atoms with Crippen molar-refractivity contribution >= 4 is 34.1 Å². The zero-order valence-electron chi connectivity index (χ0n) is 11.5. The molecule has 3 aromatic heterocycles. The van der Waals surface area contributed by atoms with E-state index in [0.29, 0.717) is 12.4 Å². The quantitative estimate of drug-likeness (QED) is 0.777. The highest BCUT2D eigenvalue weighted by Gasteiger charge is 2.12. The number of hydrogen-bond acceptors (Lipinski definition) is 4. The van der Waals surface area contributed by atoms with Gasteiger partial charge in [-0.15, -0.1) is 0 Å². The maximum atomic E-state index is 11.8. The highest BCUT2D eigenvalue weighted by molar-refractivity contribution is 7.08. The van der Waals surface area contributed by atoms with Gasteiger partial charge in [0.05, 0.1) is 5.52 Å². The van der Waals surface area contributed by atoms with E-state index in [0.717, 1.165) is 22.0 Å². The molecule has 3 aromatic rings. The molecule has 0 aliphatic rings. The molecule has 5 nitrogen and oxygen atoms in total. The normalized spacial score (nSPS) is 10.5. The summed E-state index contributed by atoms with van der Waals surface area (Å²) >= 11 is 1.61. The van der Waals surface area contributed by atoms with Gasteiger partial charge in [0.15, 0.2) is 0 Å². The Bertz CT molecular complexity index is 770. The highest BCUT2D eigenvalue weighted by atomic mass is 32.1. The number of anilines is 1. The van der Waals surface area contributed by atoms with Crippen molar-refractivity contribution < 1.29 is 4.79 Å². The lowest BCUT2D eigenvalue weighted by Crippen LogP contribution is -2.28. The minimum Gasteiger partial charge on any atom is -0.338 e. The molecule has 3 heterocycles. The van der Waals surface area contributed by atoms with Crippen LogP contribution < -0.4 is 10.6 Å². The third kappa shape index (κ3) is 2.85. The number of carbonyl (C=O) groups is 1. The van der Waals surface area contributed by atoms with Crippen LogP contribution in [0, 0.1) is 0 Å². The Hall–Kier alpha value is -2.47. The van der Waals surface area contributed by atoms with Gasteiger partial charge in [-0.25, -0.2) is 9.78 Å². The van der Waals surface area contributed by atoms with E-state index in [1.54, 1.807) is 23.7 Å². The van der Waals surface area contributed by atoms with Crippen LogP contribution in [0.1, 0.15) is 6.92 Å². The van der Waals surface area contributed by atoms with E-state index in [1.165, 1.54) is 0 Å². The molecule has 3 rings (SSSR count). The highest BCUT2D eigenvalue weighted by Crippen LogP contribution is 2.31. The summed E-state index contributed by atoms with van der Waals surface area (Å²) in [6.45, 7) is 2.44. The minimum atomic E-state index is -0.255. The van der Waals surface area contributed by atoms with Crippen LogP contribution in [0.4, 0.5) is 10.6 Å². The van der Waals surface area contributed by atoms with Gasteiger partial charge < -0.3 is 5.32 Å². The van der Waals surface area contributed by atoms with Gasteiger partial charge >= 0.3 is 6.03 Å². The molecule has 0 saturated heterocycles. The fourth-order valence-electron chi connectivity index (χ4n) is 2.06. The Labute approximate surface area is 126 Å². The van der Waals surface area contributed by atoms with Gasteiger partial charge in [0.25, 0.3) is 0 Å². The predicted octanol–water partition coefficient (Wildman–Crippen LogP) is 3.50. The monoisotopic (exact) mass is 298 g/mol. The molecule has 0 aliphatic carbocycles. The zero-order chi connectivity index (χ0) is 14.7. The smallest absolute Gasteiger partial charge is 0.320 e. The SMILES string of the molecule is CCNC(=O)Nc1nc2ccncc2cc1-c1ccsc1. The number of hydrogen-bond donors (Lipinski definition) is 2. The standard InChI is InChI=1S/C15H14N4OS/c1-2-17-15(20)19-14-12(10-4-6-21-9-10)7-11-8-16-5-3-13(11)18-14/h3-9H,2H2,1H3,(H2,17,18,19,20). The number of aromatic nitrogens is 2. The van der Waals surface area contributed by atoms with Gasteiger partial charge in [-0.3, -0.25) is 10.3 Å². The Morgan fingerprint density at radius 2 is 2.29 bits per heavy atom. The van der Waals surface area contributed by atoms with Crippen molar-refractivity contribution in [1.29, 1.82) is 0 Å². The largest absolute Gasteiger partial charge is 0.338 e. The Morgan fingerprint density at radius 1 is 1.38 bits per heavy atom. The summed E-state index contributed by atoms with van der Waals surface area (Å²) in [5.74, 6) is 0.554. The van der Waals surface area contributed by atoms with Crippen molar-refractivity contribution in [2.75, 3.05) is 11.9 Å². The van der Waals surface area contributed by atoms with Crippen molar-refractivity contribution in [1.82, 2.24) is 15.3 Å². The van der Waals surface area contributed by atoms with Crippen LogP contribution in [0.3, 0.4) is 0 Å². The first-order valence-corrected chi connectivity index (χ1v) is 7.54. The van der Waals surface area contributed by atoms with E-state index in [4.69, 9.17) is 0 Å². The van der Waals surface area contributed by atoms with Crippen LogP contribution >= 0.6 is 11.3 Å². The molecule has 0 spiro atoms. The first-order valence-electron chi connectivity index (χ1n) is 6.60. The third-order valence-electron chi connectivity index (χ3n) is 3.02. The molecule has 6 heteroatoms. The molecule has 0 fully saturated rings. The maximum absolute atomic E-state index is 11.8. The Kier molecular flexibility index (Phi) is 3.79. The van der Waals surface area contributed by atoms with Gasteiger partial charge in [0.1, 0.15) is 5.82 Å². The summed E-state index contributed by atoms with van der Waals surface area (Å²) < 4.78 is 0. The van der Waals surface area contributed by atoms with Crippen molar-refractivity contribution in [3.05, 3.63) is 41.4 Å². The van der Waals surface area contributed by atoms with Crippen LogP contribution in [-0.2, 0) is 0 Å². The molecule has 0 aromatic carbocycles. The number of urea groups is 1. The minimum absolute atomic E-state index is 0.255. The molecule has 0 atom stereocenters. The van der Waals surface area contributed by atoms with Gasteiger partial charge in [0.2, 0.25) is 0 Å². The molecule has 0 aliphatic heterocycles. The lowest BCUT2D eigenvalue weighted by molar-refractivity contribution is 0.252. The number of thiophene rings is 1. The van der Waals surface area contributed by atoms with E-state index in [-0.39, 0.29) is 6.03 Å². The average Bonchev–Trinajstić information content (AvgIpc) is 3.01. The van der Waals surface area contributed by atoms with E-state index in [9.17, 15) is 4.79 Å². The number of nitrogens with zero attached hydrogens (tertiary/aromatic N) is 2. The molecule has 0 saturated carbocycles. The summed E-state index contributed by atoms with van der Waals surface area (Å²) in [5, 5.41) is 10.5. The van der Waals surface area contributed by atoms with Crippen molar-refractivity contribution in [3.63, 3.8) is 0 Å². The summed E-state index contributed by atoms with van der Waals surface area (Å²) in [5.41, 5.74) is 2.73. The van der Waals surface area contributed by atoms with Crippen molar-refractivity contribution in [2.24, 2.45) is 0 Å². The van der Waals surface area contributed by atoms with E-state index in [1.807, 2.05) is 35.9 Å². The number of rotatable bonds is 3. The number of nitrogens with one attached hydrogen (secondary N) is 2. The average molecular weight is 298 g/mol. The molecule has 106 valence electrons. The first kappa shape index (κ1) is 13.5. The van der Waals surface area contributed by atoms with Crippen molar-refractivity contribution in [3.8, 4) is 11.1 Å². The Balaban J connectivity index is 2.10. The summed E-state index contributed by atoms with van der Waals surface area (Å²) in [6.07, 6.45) is 3.46. The number of pyridine rings is 2. The first-order chi connectivity index (χ1) is 10.3. The fraction of sp³-hybridized carbons (Fsp3) is 0.133. The van der Waals surface area contributed by atoms with Gasteiger partial charge in [-0.1, -0.05) is 0 Å². The second-order valence-corrected chi connectivity index (χ2v) is 5.23. The molecule has 2 amide bonds. The summed E-state index contributed by atoms with van der Waals surface area (Å²) in [4.78, 5) is 20.5. The van der Waals surface area contributed by atoms with E-state index >= 15 is 0 Å². The topological polar surface area (TPSA) is 66.9 Å². The second kappa shape index (κ2) is 5.88. The molecule has 0 bridgehead atoms. The van der Waals surface area contributed by atoms with Crippen LogP contribution in [-0.4, -0.2) is 22.5 Å². The van der Waals surface area contributed by atoms with Gasteiger partial charge in [-0.05, 0) is 41.4 Å². The van der Waals surface area contributed by atoms with Crippen molar-refractivity contribution in [2.45, 2.75) is 6.92 Å². The number of fused-ring (bicyclic) bond motifs is 1. The Morgan fingerprint density at radius 3 is 3.05 bits per heavy atom. The van der Waals surface area contributed by atoms with Crippen LogP contribution in [0.5, 0.6) is 0 Å². The van der Waals surface area contributed by atoms with Gasteiger partial charge in [0, 0.05) is 29.9 Å². The van der Waals surface area contributed by atoms with Gasteiger partial charge in [-0.2, -0.15) is 11.3 Å². The zero-order valence-corrected chi connectivity index (χ0v) is 12.3. The van der Waals surface area contributed by atoms with E-state index in [2.05, 4.69) is 20.6 Å². The summed E-state index contributed by atoms with van der Waals surface area (Å²) in [7, 11) is 0. The lowest BCUT2D eigenvalue weighted by atomic mass is 10.1. The lowest BCUT2D eigenvalue weighted by Gasteiger charge is -2.11. The number of carbonyl (C=O) groups excluding carboxylic acids is 1. The second-order valence-electron chi connectivity index (χ2n) is 4.45. The van der Waals surface area contributed by atoms with Crippen LogP contribution in [0.2, 0.25) is 0 Å². The third-order valence-corrected chi connectivity index (χ3v) is 3.70.